The standard InChI is InChI=1S/C12H16N2O3/c1-4-6-12(7-5-8(2)3)9(15)13-11(17)14-10(12)16/h1,8H,5-7H2,2-3H3,(H2,13,14,15,16,17). The molecule has 0 aromatic carbocycles. The van der Waals surface area contributed by atoms with Crippen LogP contribution < -0.4 is 10.6 Å². The van der Waals surface area contributed by atoms with Gasteiger partial charge in [-0.25, -0.2) is 4.79 Å². The number of nitrogens with one attached hydrogen (secondary N) is 2. The molecule has 0 radical (unpaired) electrons. The van der Waals surface area contributed by atoms with E-state index in [2.05, 4.69) is 16.6 Å². The molecule has 0 unspecified atom stereocenters. The van der Waals surface area contributed by atoms with Crippen LogP contribution in [-0.4, -0.2) is 17.8 Å². The highest BCUT2D eigenvalue weighted by Gasteiger charge is 2.49. The van der Waals surface area contributed by atoms with Crippen LogP contribution in [0.3, 0.4) is 0 Å². The first kappa shape index (κ1) is 13.2. The fraction of sp³-hybridized carbons (Fsp3) is 0.583. The summed E-state index contributed by atoms with van der Waals surface area (Å²) in [6.45, 7) is 3.99. The minimum absolute atomic E-state index is 0.00463. The number of urea groups is 1. The zero-order valence-corrected chi connectivity index (χ0v) is 10.0. The molecule has 1 rings (SSSR count). The van der Waals surface area contributed by atoms with Gasteiger partial charge in [0.15, 0.2) is 0 Å². The van der Waals surface area contributed by atoms with E-state index < -0.39 is 23.3 Å². The second kappa shape index (κ2) is 5.00. The summed E-state index contributed by atoms with van der Waals surface area (Å²) in [4.78, 5) is 34.7. The number of amides is 4. The van der Waals surface area contributed by atoms with Gasteiger partial charge in [-0.05, 0) is 18.8 Å². The van der Waals surface area contributed by atoms with Gasteiger partial charge >= 0.3 is 6.03 Å². The predicted molar refractivity (Wildman–Crippen MR) is 61.6 cm³/mol. The maximum absolute atomic E-state index is 11.9. The van der Waals surface area contributed by atoms with E-state index in [1.165, 1.54) is 0 Å². The van der Waals surface area contributed by atoms with Gasteiger partial charge in [0.05, 0.1) is 0 Å². The fourth-order valence-electron chi connectivity index (χ4n) is 1.77. The van der Waals surface area contributed by atoms with Gasteiger partial charge in [-0.2, -0.15) is 0 Å². The average molecular weight is 236 g/mol. The fourth-order valence-corrected chi connectivity index (χ4v) is 1.77. The number of rotatable bonds is 4. The van der Waals surface area contributed by atoms with E-state index in [0.29, 0.717) is 18.8 Å². The van der Waals surface area contributed by atoms with Crippen LogP contribution in [0.5, 0.6) is 0 Å². The molecule has 5 nitrogen and oxygen atoms in total. The molecule has 0 aromatic rings. The van der Waals surface area contributed by atoms with E-state index >= 15 is 0 Å². The summed E-state index contributed by atoms with van der Waals surface area (Å²) >= 11 is 0. The highest BCUT2D eigenvalue weighted by Crippen LogP contribution is 2.32. The number of imide groups is 2. The summed E-state index contributed by atoms with van der Waals surface area (Å²) in [6, 6.07) is -0.780. The van der Waals surface area contributed by atoms with Crippen LogP contribution >= 0.6 is 0 Å². The van der Waals surface area contributed by atoms with Crippen LogP contribution in [0.4, 0.5) is 4.79 Å². The summed E-state index contributed by atoms with van der Waals surface area (Å²) < 4.78 is 0. The lowest BCUT2D eigenvalue weighted by Crippen LogP contribution is -2.62. The summed E-state index contributed by atoms with van der Waals surface area (Å²) in [5.74, 6) is 1.51. The van der Waals surface area contributed by atoms with Crippen molar-refractivity contribution in [2.45, 2.75) is 33.1 Å². The van der Waals surface area contributed by atoms with Gasteiger partial charge in [-0.3, -0.25) is 20.2 Å². The Morgan fingerprint density at radius 2 is 1.76 bits per heavy atom. The molecule has 0 atom stereocenters. The number of hydrogen-bond donors (Lipinski definition) is 2. The average Bonchev–Trinajstić information content (AvgIpc) is 2.21. The van der Waals surface area contributed by atoms with Crippen molar-refractivity contribution in [2.75, 3.05) is 0 Å². The maximum Gasteiger partial charge on any atom is 0.328 e. The first-order valence-corrected chi connectivity index (χ1v) is 5.52. The molecule has 5 heteroatoms. The first-order valence-electron chi connectivity index (χ1n) is 5.52. The number of carbonyl (C=O) groups is 3. The molecule has 0 aromatic heterocycles. The number of hydrogen-bond acceptors (Lipinski definition) is 3. The molecule has 92 valence electrons. The third kappa shape index (κ3) is 2.64. The van der Waals surface area contributed by atoms with E-state index in [1.54, 1.807) is 0 Å². The molecule has 0 bridgehead atoms. The third-order valence-electron chi connectivity index (χ3n) is 2.88. The molecular weight excluding hydrogens is 220 g/mol. The van der Waals surface area contributed by atoms with E-state index in [-0.39, 0.29) is 6.42 Å². The highest BCUT2D eigenvalue weighted by atomic mass is 16.2. The Morgan fingerprint density at radius 3 is 2.18 bits per heavy atom. The largest absolute Gasteiger partial charge is 0.328 e. The Hall–Kier alpha value is -1.83. The van der Waals surface area contributed by atoms with Crippen LogP contribution in [0.15, 0.2) is 0 Å². The van der Waals surface area contributed by atoms with Crippen molar-refractivity contribution >= 4 is 17.8 Å². The quantitative estimate of drug-likeness (QED) is 0.560. The van der Waals surface area contributed by atoms with Gasteiger partial charge in [-0.1, -0.05) is 13.8 Å². The first-order chi connectivity index (χ1) is 7.92. The van der Waals surface area contributed by atoms with Gasteiger partial charge in [0.25, 0.3) is 0 Å². The molecule has 1 heterocycles. The molecule has 1 aliphatic rings. The smallest absolute Gasteiger partial charge is 0.277 e. The number of carbonyl (C=O) groups excluding carboxylic acids is 3. The van der Waals surface area contributed by atoms with Crippen LogP contribution in [0.25, 0.3) is 0 Å². The van der Waals surface area contributed by atoms with Gasteiger partial charge in [-0.15, -0.1) is 12.3 Å². The molecule has 2 N–H and O–H groups in total. The van der Waals surface area contributed by atoms with Crippen molar-refractivity contribution in [2.24, 2.45) is 11.3 Å². The summed E-state index contributed by atoms with van der Waals surface area (Å²) in [7, 11) is 0. The Labute approximate surface area is 100 Å². The molecule has 0 aliphatic carbocycles. The molecule has 4 amide bonds. The minimum atomic E-state index is -1.30. The Morgan fingerprint density at radius 1 is 1.24 bits per heavy atom. The molecule has 1 aliphatic heterocycles. The van der Waals surface area contributed by atoms with Gasteiger partial charge in [0.1, 0.15) is 5.41 Å². The van der Waals surface area contributed by atoms with Gasteiger partial charge in [0.2, 0.25) is 11.8 Å². The van der Waals surface area contributed by atoms with Crippen molar-refractivity contribution in [3.05, 3.63) is 0 Å². The van der Waals surface area contributed by atoms with Crippen molar-refractivity contribution in [1.82, 2.24) is 10.6 Å². The minimum Gasteiger partial charge on any atom is -0.277 e. The Kier molecular flexibility index (Phi) is 3.89. The predicted octanol–water partition coefficient (Wildman–Crippen LogP) is 0.798. The molecule has 1 saturated heterocycles. The zero-order valence-electron chi connectivity index (χ0n) is 10.0. The summed E-state index contributed by atoms with van der Waals surface area (Å²) in [5.41, 5.74) is -1.30. The highest BCUT2D eigenvalue weighted by molar-refractivity contribution is 6.19. The van der Waals surface area contributed by atoms with E-state index in [0.717, 1.165) is 0 Å². The summed E-state index contributed by atoms with van der Waals surface area (Å²) in [6.07, 6.45) is 6.26. The second-order valence-electron chi connectivity index (χ2n) is 4.63. The SMILES string of the molecule is C#CCC1(CCC(C)C)C(=O)NC(=O)NC1=O. The van der Waals surface area contributed by atoms with E-state index in [1.807, 2.05) is 13.8 Å². The van der Waals surface area contributed by atoms with E-state index in [9.17, 15) is 14.4 Å². The lowest BCUT2D eigenvalue weighted by atomic mass is 9.76. The molecule has 1 fully saturated rings. The van der Waals surface area contributed by atoms with Crippen LogP contribution in [0, 0.1) is 23.7 Å². The lowest BCUT2D eigenvalue weighted by Gasteiger charge is -2.32. The normalized spacial score (nSPS) is 18.6. The molecule has 17 heavy (non-hydrogen) atoms. The maximum atomic E-state index is 11.9. The van der Waals surface area contributed by atoms with Crippen molar-refractivity contribution in [3.8, 4) is 12.3 Å². The second-order valence-corrected chi connectivity index (χ2v) is 4.63. The van der Waals surface area contributed by atoms with E-state index in [4.69, 9.17) is 6.42 Å². The molecule has 0 saturated carbocycles. The zero-order chi connectivity index (χ0) is 13.1. The monoisotopic (exact) mass is 236 g/mol. The van der Waals surface area contributed by atoms with Crippen molar-refractivity contribution < 1.29 is 14.4 Å². The Balaban J connectivity index is 2.96. The third-order valence-corrected chi connectivity index (χ3v) is 2.88. The molecular formula is C12H16N2O3. The van der Waals surface area contributed by atoms with Crippen molar-refractivity contribution in [3.63, 3.8) is 0 Å². The topological polar surface area (TPSA) is 75.3 Å². The number of terminal acetylenes is 1. The molecule has 0 spiro atoms. The van der Waals surface area contributed by atoms with Crippen LogP contribution in [0.1, 0.15) is 33.1 Å². The summed E-state index contributed by atoms with van der Waals surface area (Å²) in [5, 5.41) is 4.21. The number of barbiturate groups is 1. The van der Waals surface area contributed by atoms with Crippen LogP contribution in [-0.2, 0) is 9.59 Å². The lowest BCUT2D eigenvalue weighted by molar-refractivity contribution is -0.144. The Bertz CT molecular complexity index is 373. The van der Waals surface area contributed by atoms with Crippen molar-refractivity contribution in [1.29, 1.82) is 0 Å². The van der Waals surface area contributed by atoms with Crippen LogP contribution in [0.2, 0.25) is 0 Å². The van der Waals surface area contributed by atoms with Gasteiger partial charge < -0.3 is 0 Å². The van der Waals surface area contributed by atoms with Gasteiger partial charge in [0, 0.05) is 6.42 Å².